The molecule has 138 valence electrons. The van der Waals surface area contributed by atoms with Crippen LogP contribution in [0.5, 0.6) is 0 Å². The number of nitrogens with zero attached hydrogens (tertiary/aromatic N) is 3. The SMILES string of the molecule is CCCSC1Nc2ccccc2-c2nc(=O)c(-c3ccc(C)c(C)c3)nn21. The number of benzene rings is 2. The second-order valence-electron chi connectivity index (χ2n) is 6.75. The van der Waals surface area contributed by atoms with Crippen LogP contribution in [-0.4, -0.2) is 20.5 Å². The number of rotatable bonds is 4. The molecule has 0 aliphatic carbocycles. The van der Waals surface area contributed by atoms with E-state index in [1.807, 2.05) is 54.1 Å². The van der Waals surface area contributed by atoms with Crippen LogP contribution in [0.4, 0.5) is 5.69 Å². The summed E-state index contributed by atoms with van der Waals surface area (Å²) < 4.78 is 1.86. The second kappa shape index (κ2) is 7.19. The number of nitrogens with one attached hydrogen (secondary N) is 1. The van der Waals surface area contributed by atoms with Crippen LogP contribution in [-0.2, 0) is 0 Å². The number of hydrogen-bond donors (Lipinski definition) is 1. The molecule has 27 heavy (non-hydrogen) atoms. The number of aryl methyl sites for hydroxylation is 2. The van der Waals surface area contributed by atoms with E-state index in [0.29, 0.717) is 11.5 Å². The van der Waals surface area contributed by atoms with Gasteiger partial charge in [0.25, 0.3) is 5.56 Å². The smallest absolute Gasteiger partial charge is 0.300 e. The molecule has 1 atom stereocenters. The Morgan fingerprint density at radius 3 is 2.74 bits per heavy atom. The van der Waals surface area contributed by atoms with Gasteiger partial charge < -0.3 is 5.32 Å². The molecule has 2 heterocycles. The summed E-state index contributed by atoms with van der Waals surface area (Å²) in [6.07, 6.45) is 1.07. The van der Waals surface area contributed by atoms with E-state index in [2.05, 4.69) is 24.1 Å². The van der Waals surface area contributed by atoms with Gasteiger partial charge in [-0.25, -0.2) is 4.68 Å². The van der Waals surface area contributed by atoms with E-state index in [1.165, 1.54) is 5.56 Å². The molecule has 0 radical (unpaired) electrons. The summed E-state index contributed by atoms with van der Waals surface area (Å²) in [4.78, 5) is 17.2. The Bertz CT molecular complexity index is 1060. The van der Waals surface area contributed by atoms with E-state index in [-0.39, 0.29) is 11.1 Å². The number of aromatic nitrogens is 3. The maximum atomic E-state index is 12.8. The highest BCUT2D eigenvalue weighted by molar-refractivity contribution is 7.99. The predicted molar refractivity (Wildman–Crippen MR) is 112 cm³/mol. The second-order valence-corrected chi connectivity index (χ2v) is 7.93. The van der Waals surface area contributed by atoms with Crippen molar-refractivity contribution in [1.82, 2.24) is 14.8 Å². The van der Waals surface area contributed by atoms with Crippen molar-refractivity contribution in [2.75, 3.05) is 11.1 Å². The maximum Gasteiger partial charge on any atom is 0.300 e. The summed E-state index contributed by atoms with van der Waals surface area (Å²) in [7, 11) is 0. The minimum Gasteiger partial charge on any atom is -0.355 e. The summed E-state index contributed by atoms with van der Waals surface area (Å²) in [6, 6.07) is 13.9. The van der Waals surface area contributed by atoms with Gasteiger partial charge in [0, 0.05) is 16.8 Å². The molecule has 0 bridgehead atoms. The molecule has 6 heteroatoms. The third-order valence-corrected chi connectivity index (χ3v) is 6.04. The topological polar surface area (TPSA) is 59.8 Å². The summed E-state index contributed by atoms with van der Waals surface area (Å²) >= 11 is 1.77. The van der Waals surface area contributed by atoms with Crippen LogP contribution in [0.1, 0.15) is 30.0 Å². The van der Waals surface area contributed by atoms with Gasteiger partial charge in [-0.2, -0.15) is 10.1 Å². The van der Waals surface area contributed by atoms with Crippen LogP contribution < -0.4 is 10.9 Å². The van der Waals surface area contributed by atoms with Gasteiger partial charge in [-0.15, -0.1) is 11.8 Å². The summed E-state index contributed by atoms with van der Waals surface area (Å²) in [5, 5.41) is 8.27. The highest BCUT2D eigenvalue weighted by Crippen LogP contribution is 2.38. The zero-order chi connectivity index (χ0) is 19.0. The lowest BCUT2D eigenvalue weighted by Gasteiger charge is -2.29. The Labute approximate surface area is 162 Å². The highest BCUT2D eigenvalue weighted by Gasteiger charge is 2.26. The first-order chi connectivity index (χ1) is 13.1. The van der Waals surface area contributed by atoms with Gasteiger partial charge in [0.05, 0.1) is 0 Å². The Morgan fingerprint density at radius 2 is 1.96 bits per heavy atom. The molecule has 4 rings (SSSR count). The van der Waals surface area contributed by atoms with Crippen LogP contribution in [0.3, 0.4) is 0 Å². The maximum absolute atomic E-state index is 12.8. The molecule has 0 amide bonds. The molecule has 1 N–H and O–H groups in total. The number of thioether (sulfide) groups is 1. The average Bonchev–Trinajstić information content (AvgIpc) is 2.68. The normalized spacial score (nSPS) is 15.0. The Balaban J connectivity index is 1.89. The van der Waals surface area contributed by atoms with Crippen LogP contribution >= 0.6 is 11.8 Å². The van der Waals surface area contributed by atoms with Crippen molar-refractivity contribution in [3.05, 3.63) is 63.9 Å². The lowest BCUT2D eigenvalue weighted by molar-refractivity contribution is 0.616. The van der Waals surface area contributed by atoms with Crippen molar-refractivity contribution in [3.63, 3.8) is 0 Å². The van der Waals surface area contributed by atoms with Gasteiger partial charge in [0.1, 0.15) is 0 Å². The first-order valence-corrected chi connectivity index (χ1v) is 10.2. The lowest BCUT2D eigenvalue weighted by Crippen LogP contribution is -2.30. The van der Waals surface area contributed by atoms with Crippen molar-refractivity contribution in [3.8, 4) is 22.6 Å². The van der Waals surface area contributed by atoms with E-state index in [9.17, 15) is 4.79 Å². The van der Waals surface area contributed by atoms with Gasteiger partial charge in [-0.05, 0) is 55.3 Å². The summed E-state index contributed by atoms with van der Waals surface area (Å²) in [6.45, 7) is 6.26. The fourth-order valence-electron chi connectivity index (χ4n) is 3.16. The van der Waals surface area contributed by atoms with E-state index in [4.69, 9.17) is 5.10 Å². The Kier molecular flexibility index (Phi) is 4.74. The molecule has 0 saturated heterocycles. The monoisotopic (exact) mass is 378 g/mol. The van der Waals surface area contributed by atoms with E-state index in [1.54, 1.807) is 11.8 Å². The predicted octanol–water partition coefficient (Wildman–Crippen LogP) is 4.61. The molecule has 1 aliphatic heterocycles. The molecule has 0 saturated carbocycles. The minimum absolute atomic E-state index is 0.0896. The van der Waals surface area contributed by atoms with Crippen LogP contribution in [0.2, 0.25) is 0 Å². The third-order valence-electron chi connectivity index (χ3n) is 4.76. The van der Waals surface area contributed by atoms with E-state index < -0.39 is 0 Å². The van der Waals surface area contributed by atoms with Crippen molar-refractivity contribution >= 4 is 17.4 Å². The van der Waals surface area contributed by atoms with Crippen LogP contribution in [0, 0.1) is 13.8 Å². The van der Waals surface area contributed by atoms with Crippen LogP contribution in [0.15, 0.2) is 47.3 Å². The van der Waals surface area contributed by atoms with Gasteiger partial charge in [-0.1, -0.05) is 31.2 Å². The molecule has 0 fully saturated rings. The minimum atomic E-state index is -0.291. The fourth-order valence-corrected chi connectivity index (χ4v) is 4.11. The molecular weight excluding hydrogens is 356 g/mol. The molecule has 0 spiro atoms. The van der Waals surface area contributed by atoms with Gasteiger partial charge in [-0.3, -0.25) is 4.79 Å². The first kappa shape index (κ1) is 17.8. The Morgan fingerprint density at radius 1 is 1.15 bits per heavy atom. The molecule has 1 unspecified atom stereocenters. The molecule has 1 aliphatic rings. The number of hydrogen-bond acceptors (Lipinski definition) is 5. The van der Waals surface area contributed by atoms with E-state index >= 15 is 0 Å². The first-order valence-electron chi connectivity index (χ1n) is 9.14. The van der Waals surface area contributed by atoms with Gasteiger partial charge >= 0.3 is 0 Å². The summed E-state index contributed by atoms with van der Waals surface area (Å²) in [5.74, 6) is 1.61. The van der Waals surface area contributed by atoms with Crippen molar-refractivity contribution in [2.45, 2.75) is 32.7 Å². The fraction of sp³-hybridized carbons (Fsp3) is 0.286. The third kappa shape index (κ3) is 3.25. The molecular formula is C21H22N4OS. The van der Waals surface area contributed by atoms with E-state index in [0.717, 1.165) is 34.6 Å². The number of para-hydroxylation sites is 1. The standard InChI is InChI=1S/C21H22N4OS/c1-4-11-27-21-22-17-8-6-5-7-16(17)19-23-20(26)18(24-25(19)21)15-10-9-13(2)14(3)12-15/h5-10,12,21-22H,4,11H2,1-3H3. The quantitative estimate of drug-likeness (QED) is 0.718. The zero-order valence-electron chi connectivity index (χ0n) is 15.7. The van der Waals surface area contributed by atoms with Crippen molar-refractivity contribution < 1.29 is 0 Å². The largest absolute Gasteiger partial charge is 0.355 e. The number of anilines is 1. The summed E-state index contributed by atoms with van der Waals surface area (Å²) in [5.41, 5.74) is 5.04. The molecule has 5 nitrogen and oxygen atoms in total. The van der Waals surface area contributed by atoms with Gasteiger partial charge in [0.2, 0.25) is 0 Å². The highest BCUT2D eigenvalue weighted by atomic mass is 32.2. The average molecular weight is 379 g/mol. The molecule has 2 aromatic carbocycles. The number of fused-ring (bicyclic) bond motifs is 3. The lowest BCUT2D eigenvalue weighted by atomic mass is 10.0. The Hall–Kier alpha value is -2.60. The van der Waals surface area contributed by atoms with Gasteiger partial charge in [0.15, 0.2) is 17.0 Å². The van der Waals surface area contributed by atoms with Crippen molar-refractivity contribution in [2.24, 2.45) is 0 Å². The molecule has 1 aromatic heterocycles. The van der Waals surface area contributed by atoms with Crippen LogP contribution in [0.25, 0.3) is 22.6 Å². The zero-order valence-corrected chi connectivity index (χ0v) is 16.5. The van der Waals surface area contributed by atoms with Crippen molar-refractivity contribution in [1.29, 1.82) is 0 Å². The molecule has 3 aromatic rings.